The van der Waals surface area contributed by atoms with E-state index in [9.17, 15) is 13.2 Å². The molecule has 7 heteroatoms. The molecule has 0 spiro atoms. The highest BCUT2D eigenvalue weighted by atomic mass is 35.5. The lowest BCUT2D eigenvalue weighted by Crippen LogP contribution is -2.30. The zero-order valence-corrected chi connectivity index (χ0v) is 12.7. The summed E-state index contributed by atoms with van der Waals surface area (Å²) in [6.45, 7) is 1.93. The zero-order valence-electron chi connectivity index (χ0n) is 11.1. The minimum atomic E-state index is -3.80. The van der Waals surface area contributed by atoms with Gasteiger partial charge in [0.25, 0.3) is 0 Å². The Hall–Kier alpha value is -1.11. The first kappa shape index (κ1) is 15.3. The standard InChI is InChI=1S/C13H17ClN2O3S/c1-13(6-2-3-7-13)12(17)16-11-5-4-9(8-10(11)14)20(15,18)19/h4-5,8H,2-3,6-7H2,1H3,(H,16,17)(H2,15,18,19). The Morgan fingerprint density at radius 2 is 1.95 bits per heavy atom. The minimum Gasteiger partial charge on any atom is -0.324 e. The molecule has 1 saturated carbocycles. The largest absolute Gasteiger partial charge is 0.324 e. The Labute approximate surface area is 123 Å². The van der Waals surface area contributed by atoms with E-state index in [0.717, 1.165) is 25.7 Å². The third kappa shape index (κ3) is 3.13. The van der Waals surface area contributed by atoms with Crippen molar-refractivity contribution >= 4 is 33.2 Å². The molecule has 0 atom stereocenters. The van der Waals surface area contributed by atoms with Gasteiger partial charge in [0.05, 0.1) is 15.6 Å². The van der Waals surface area contributed by atoms with E-state index in [1.807, 2.05) is 6.92 Å². The van der Waals surface area contributed by atoms with Crippen LogP contribution in [0.5, 0.6) is 0 Å². The number of carbonyl (C=O) groups excluding carboxylic acids is 1. The first-order valence-corrected chi connectivity index (χ1v) is 8.29. The number of carbonyl (C=O) groups is 1. The van der Waals surface area contributed by atoms with E-state index in [0.29, 0.717) is 5.69 Å². The maximum atomic E-state index is 12.3. The number of amides is 1. The molecule has 2 rings (SSSR count). The van der Waals surface area contributed by atoms with Gasteiger partial charge in [-0.1, -0.05) is 31.4 Å². The van der Waals surface area contributed by atoms with Crippen molar-refractivity contribution in [2.24, 2.45) is 10.6 Å². The number of benzene rings is 1. The third-order valence-electron chi connectivity index (χ3n) is 3.77. The van der Waals surface area contributed by atoms with Gasteiger partial charge >= 0.3 is 0 Å². The molecule has 0 heterocycles. The highest BCUT2D eigenvalue weighted by Crippen LogP contribution is 2.39. The quantitative estimate of drug-likeness (QED) is 0.897. The molecule has 110 valence electrons. The van der Waals surface area contributed by atoms with Gasteiger partial charge in [-0.3, -0.25) is 4.79 Å². The fourth-order valence-corrected chi connectivity index (χ4v) is 3.26. The van der Waals surface area contributed by atoms with Crippen LogP contribution < -0.4 is 10.5 Å². The van der Waals surface area contributed by atoms with Crippen LogP contribution in [0.3, 0.4) is 0 Å². The number of halogens is 1. The van der Waals surface area contributed by atoms with Crippen molar-refractivity contribution in [3.63, 3.8) is 0 Å². The first-order chi connectivity index (χ1) is 9.22. The predicted octanol–water partition coefficient (Wildman–Crippen LogP) is 2.51. The summed E-state index contributed by atoms with van der Waals surface area (Å²) in [5.41, 5.74) is 0.0271. The summed E-state index contributed by atoms with van der Waals surface area (Å²) in [5, 5.41) is 7.95. The number of anilines is 1. The summed E-state index contributed by atoms with van der Waals surface area (Å²) in [4.78, 5) is 12.2. The highest BCUT2D eigenvalue weighted by molar-refractivity contribution is 7.89. The molecule has 1 aromatic carbocycles. The number of nitrogens with two attached hydrogens (primary N) is 1. The molecule has 1 aromatic rings. The van der Waals surface area contributed by atoms with E-state index in [4.69, 9.17) is 16.7 Å². The lowest BCUT2D eigenvalue weighted by molar-refractivity contribution is -0.124. The van der Waals surface area contributed by atoms with Gasteiger partial charge in [-0.25, -0.2) is 13.6 Å². The monoisotopic (exact) mass is 316 g/mol. The number of primary sulfonamides is 1. The zero-order chi connectivity index (χ0) is 15.0. The van der Waals surface area contributed by atoms with Crippen molar-refractivity contribution in [1.82, 2.24) is 0 Å². The number of sulfonamides is 1. The molecule has 1 aliphatic rings. The van der Waals surface area contributed by atoms with Crippen LogP contribution in [0.1, 0.15) is 32.6 Å². The normalized spacial score (nSPS) is 17.9. The van der Waals surface area contributed by atoms with E-state index in [-0.39, 0.29) is 21.2 Å². The van der Waals surface area contributed by atoms with E-state index in [1.54, 1.807) is 0 Å². The molecule has 20 heavy (non-hydrogen) atoms. The van der Waals surface area contributed by atoms with Gasteiger partial charge in [0.1, 0.15) is 0 Å². The van der Waals surface area contributed by atoms with Crippen molar-refractivity contribution in [3.05, 3.63) is 23.2 Å². The molecule has 3 N–H and O–H groups in total. The second kappa shape index (κ2) is 5.35. The molecule has 0 radical (unpaired) electrons. The van der Waals surface area contributed by atoms with E-state index >= 15 is 0 Å². The summed E-state index contributed by atoms with van der Waals surface area (Å²) in [7, 11) is -3.80. The third-order valence-corrected chi connectivity index (χ3v) is 5.00. The molecule has 0 saturated heterocycles. The number of hydrogen-bond acceptors (Lipinski definition) is 3. The van der Waals surface area contributed by atoms with Crippen LogP contribution in [-0.2, 0) is 14.8 Å². The highest BCUT2D eigenvalue weighted by Gasteiger charge is 2.36. The smallest absolute Gasteiger partial charge is 0.238 e. The fourth-order valence-electron chi connectivity index (χ4n) is 2.43. The summed E-state index contributed by atoms with van der Waals surface area (Å²) in [5.74, 6) is -0.0831. The van der Waals surface area contributed by atoms with Gasteiger partial charge in [0.15, 0.2) is 0 Å². The van der Waals surface area contributed by atoms with Crippen LogP contribution in [0.4, 0.5) is 5.69 Å². The maximum absolute atomic E-state index is 12.3. The lowest BCUT2D eigenvalue weighted by Gasteiger charge is -2.22. The number of hydrogen-bond donors (Lipinski definition) is 2. The second-order valence-corrected chi connectivity index (χ2v) is 7.38. The van der Waals surface area contributed by atoms with Crippen molar-refractivity contribution in [3.8, 4) is 0 Å². The molecule has 5 nitrogen and oxygen atoms in total. The SMILES string of the molecule is CC1(C(=O)Nc2ccc(S(N)(=O)=O)cc2Cl)CCCC1. The number of rotatable bonds is 3. The van der Waals surface area contributed by atoms with Crippen molar-refractivity contribution in [2.75, 3.05) is 5.32 Å². The van der Waals surface area contributed by atoms with Gasteiger partial charge in [-0.2, -0.15) is 0 Å². The van der Waals surface area contributed by atoms with Crippen LogP contribution in [-0.4, -0.2) is 14.3 Å². The molecule has 0 aromatic heterocycles. The van der Waals surface area contributed by atoms with Crippen LogP contribution in [0.2, 0.25) is 5.02 Å². The molecular formula is C13H17ClN2O3S. The van der Waals surface area contributed by atoms with Gasteiger partial charge in [-0.05, 0) is 31.0 Å². The maximum Gasteiger partial charge on any atom is 0.238 e. The molecule has 1 fully saturated rings. The van der Waals surface area contributed by atoms with Crippen molar-refractivity contribution in [1.29, 1.82) is 0 Å². The van der Waals surface area contributed by atoms with Gasteiger partial charge in [0, 0.05) is 5.41 Å². The van der Waals surface area contributed by atoms with E-state index in [1.165, 1.54) is 18.2 Å². The Bertz CT molecular complexity index is 637. The first-order valence-electron chi connectivity index (χ1n) is 6.36. The summed E-state index contributed by atoms with van der Waals surface area (Å²) in [6.07, 6.45) is 3.79. The Balaban J connectivity index is 2.20. The lowest BCUT2D eigenvalue weighted by atomic mass is 9.88. The minimum absolute atomic E-state index is 0.0763. The van der Waals surface area contributed by atoms with Crippen LogP contribution in [0, 0.1) is 5.41 Å². The summed E-state index contributed by atoms with van der Waals surface area (Å²) < 4.78 is 22.4. The Kier molecular flexibility index (Phi) is 4.09. The summed E-state index contributed by atoms with van der Waals surface area (Å²) >= 11 is 6.00. The molecule has 0 bridgehead atoms. The topological polar surface area (TPSA) is 89.3 Å². The van der Waals surface area contributed by atoms with Gasteiger partial charge in [-0.15, -0.1) is 0 Å². The van der Waals surface area contributed by atoms with Crippen molar-refractivity contribution in [2.45, 2.75) is 37.5 Å². The Morgan fingerprint density at radius 1 is 1.35 bits per heavy atom. The number of nitrogens with one attached hydrogen (secondary N) is 1. The molecule has 0 unspecified atom stereocenters. The van der Waals surface area contributed by atoms with Gasteiger partial charge < -0.3 is 5.32 Å². The predicted molar refractivity (Wildman–Crippen MR) is 78.0 cm³/mol. The molecule has 1 aliphatic carbocycles. The Morgan fingerprint density at radius 3 is 2.45 bits per heavy atom. The van der Waals surface area contributed by atoms with E-state index < -0.39 is 10.0 Å². The van der Waals surface area contributed by atoms with Crippen LogP contribution >= 0.6 is 11.6 Å². The molecule has 0 aliphatic heterocycles. The second-order valence-electron chi connectivity index (χ2n) is 5.41. The van der Waals surface area contributed by atoms with Crippen LogP contribution in [0.25, 0.3) is 0 Å². The van der Waals surface area contributed by atoms with Crippen molar-refractivity contribution < 1.29 is 13.2 Å². The summed E-state index contributed by atoms with van der Waals surface area (Å²) in [6, 6.07) is 4.02. The van der Waals surface area contributed by atoms with Gasteiger partial charge in [0.2, 0.25) is 15.9 Å². The average Bonchev–Trinajstić information content (AvgIpc) is 2.78. The molecular weight excluding hydrogens is 300 g/mol. The van der Waals surface area contributed by atoms with E-state index in [2.05, 4.69) is 5.32 Å². The average molecular weight is 317 g/mol. The molecule has 1 amide bonds. The fraction of sp³-hybridized carbons (Fsp3) is 0.462. The van der Waals surface area contributed by atoms with Crippen LogP contribution in [0.15, 0.2) is 23.1 Å².